The van der Waals surface area contributed by atoms with E-state index in [1.807, 2.05) is 23.9 Å². The fraction of sp³-hybridized carbons (Fsp3) is 0.571. The monoisotopic (exact) mass is 253 g/mol. The Balaban J connectivity index is 2.37. The van der Waals surface area contributed by atoms with Gasteiger partial charge in [0.2, 0.25) is 0 Å². The maximum atomic E-state index is 9.41. The van der Waals surface area contributed by atoms with Gasteiger partial charge in [0.1, 0.15) is 0 Å². The molecule has 1 rings (SSSR count). The van der Waals surface area contributed by atoms with Gasteiger partial charge in [-0.3, -0.25) is 0 Å². The quantitative estimate of drug-likeness (QED) is 0.755. The van der Waals surface area contributed by atoms with Crippen LogP contribution < -0.4 is 0 Å². The molecule has 1 N–H and O–H groups in total. The van der Waals surface area contributed by atoms with Crippen LogP contribution in [0.1, 0.15) is 32.4 Å². The fourth-order valence-corrected chi connectivity index (χ4v) is 2.59. The zero-order chi connectivity index (χ0) is 12.7. The van der Waals surface area contributed by atoms with Crippen LogP contribution in [0.25, 0.3) is 0 Å². The van der Waals surface area contributed by atoms with E-state index < -0.39 is 0 Å². The summed E-state index contributed by atoms with van der Waals surface area (Å²) in [5, 5.41) is 9.41. The van der Waals surface area contributed by atoms with Crippen LogP contribution in [0.5, 0.6) is 0 Å². The summed E-state index contributed by atoms with van der Waals surface area (Å²) in [7, 11) is 0. The van der Waals surface area contributed by atoms with Crippen molar-refractivity contribution in [1.29, 1.82) is 0 Å². The summed E-state index contributed by atoms with van der Waals surface area (Å²) in [5.74, 6) is 1.12. The highest BCUT2D eigenvalue weighted by Crippen LogP contribution is 2.20. The van der Waals surface area contributed by atoms with Crippen molar-refractivity contribution in [3.8, 4) is 0 Å². The average Bonchev–Trinajstić information content (AvgIpc) is 2.35. The van der Waals surface area contributed by atoms with Gasteiger partial charge in [0.15, 0.2) is 0 Å². The third-order valence-electron chi connectivity index (χ3n) is 2.93. The van der Waals surface area contributed by atoms with Crippen molar-refractivity contribution in [2.75, 3.05) is 25.4 Å². The molecule has 0 saturated carbocycles. The molecule has 3 heteroatoms. The van der Waals surface area contributed by atoms with Crippen LogP contribution in [0.2, 0.25) is 0 Å². The molecular weight excluding hydrogens is 230 g/mol. The Hall–Kier alpha value is -0.510. The second-order valence-electron chi connectivity index (χ2n) is 4.12. The van der Waals surface area contributed by atoms with Crippen LogP contribution in [0.3, 0.4) is 0 Å². The first kappa shape index (κ1) is 14.6. The average molecular weight is 253 g/mol. The third kappa shape index (κ3) is 5.11. The Morgan fingerprint density at radius 2 is 1.76 bits per heavy atom. The lowest BCUT2D eigenvalue weighted by molar-refractivity contribution is 0.199. The first-order chi connectivity index (χ1) is 8.17. The first-order valence-corrected chi connectivity index (χ1v) is 7.29. The van der Waals surface area contributed by atoms with Crippen LogP contribution in [0, 0.1) is 0 Å². The van der Waals surface area contributed by atoms with E-state index >= 15 is 0 Å². The molecule has 0 radical (unpaired) electrons. The molecule has 0 aliphatic rings. The Kier molecular flexibility index (Phi) is 6.63. The van der Waals surface area contributed by atoms with E-state index in [0.29, 0.717) is 0 Å². The fourth-order valence-electron chi connectivity index (χ4n) is 1.67. The maximum absolute atomic E-state index is 9.41. The number of hydrogen-bond acceptors (Lipinski definition) is 3. The molecule has 96 valence electrons. The van der Waals surface area contributed by atoms with Gasteiger partial charge in [0.25, 0.3) is 0 Å². The van der Waals surface area contributed by atoms with Gasteiger partial charge in [-0.15, -0.1) is 11.8 Å². The Labute approximate surface area is 109 Å². The highest BCUT2D eigenvalue weighted by molar-refractivity contribution is 7.99. The number of hydrogen-bond donors (Lipinski definition) is 1. The number of benzene rings is 1. The van der Waals surface area contributed by atoms with Crippen molar-refractivity contribution in [2.24, 2.45) is 0 Å². The van der Waals surface area contributed by atoms with Crippen molar-refractivity contribution >= 4 is 11.8 Å². The van der Waals surface area contributed by atoms with Crippen molar-refractivity contribution in [1.82, 2.24) is 4.90 Å². The van der Waals surface area contributed by atoms with Crippen LogP contribution >= 0.6 is 11.8 Å². The zero-order valence-corrected chi connectivity index (χ0v) is 11.8. The minimum absolute atomic E-state index is 0.371. The predicted octanol–water partition coefficient (Wildman–Crippen LogP) is 3.17. The Bertz CT molecular complexity index is 307. The Morgan fingerprint density at radius 3 is 2.24 bits per heavy atom. The molecule has 1 aromatic rings. The smallest absolute Gasteiger partial charge is 0.0761 e. The second-order valence-corrected chi connectivity index (χ2v) is 5.29. The molecular formula is C14H23NOS. The molecule has 0 heterocycles. The number of aliphatic hydroxyl groups excluding tert-OH is 1. The number of aliphatic hydroxyl groups is 1. The molecule has 1 atom stereocenters. The van der Waals surface area contributed by atoms with Crippen molar-refractivity contribution < 1.29 is 5.11 Å². The topological polar surface area (TPSA) is 23.5 Å². The largest absolute Gasteiger partial charge is 0.389 e. The molecule has 0 saturated heterocycles. The molecule has 17 heavy (non-hydrogen) atoms. The summed E-state index contributed by atoms with van der Waals surface area (Å²) in [5.41, 5.74) is 0.984. The molecule has 0 aliphatic carbocycles. The number of nitrogens with zero attached hydrogens (tertiary/aromatic N) is 1. The van der Waals surface area contributed by atoms with Crippen LogP contribution in [-0.2, 0) is 0 Å². The molecule has 0 spiro atoms. The normalized spacial score (nSPS) is 13.0. The lowest BCUT2D eigenvalue weighted by Gasteiger charge is -2.17. The van der Waals surface area contributed by atoms with Gasteiger partial charge in [-0.05, 0) is 37.7 Å². The van der Waals surface area contributed by atoms with Gasteiger partial charge >= 0.3 is 0 Å². The van der Waals surface area contributed by atoms with E-state index in [1.54, 1.807) is 6.92 Å². The maximum Gasteiger partial charge on any atom is 0.0761 e. The summed E-state index contributed by atoms with van der Waals surface area (Å²) in [4.78, 5) is 3.71. The lowest BCUT2D eigenvalue weighted by atomic mass is 10.1. The lowest BCUT2D eigenvalue weighted by Crippen LogP contribution is -2.25. The molecule has 0 unspecified atom stereocenters. The van der Waals surface area contributed by atoms with Crippen LogP contribution in [0.4, 0.5) is 0 Å². The highest BCUT2D eigenvalue weighted by Gasteiger charge is 2.02. The van der Waals surface area contributed by atoms with Crippen molar-refractivity contribution in [3.63, 3.8) is 0 Å². The van der Waals surface area contributed by atoms with Gasteiger partial charge in [-0.2, -0.15) is 0 Å². The SMILES string of the molecule is CCN(CC)CCSc1ccc([C@@H](C)O)cc1. The minimum atomic E-state index is -0.371. The van der Waals surface area contributed by atoms with E-state index in [0.717, 1.165) is 31.0 Å². The van der Waals surface area contributed by atoms with E-state index in [4.69, 9.17) is 0 Å². The summed E-state index contributed by atoms with van der Waals surface area (Å²) in [6, 6.07) is 8.19. The van der Waals surface area contributed by atoms with Gasteiger partial charge in [0.05, 0.1) is 6.10 Å². The molecule has 1 aromatic carbocycles. The van der Waals surface area contributed by atoms with Gasteiger partial charge < -0.3 is 10.0 Å². The van der Waals surface area contributed by atoms with Gasteiger partial charge in [-0.1, -0.05) is 26.0 Å². The summed E-state index contributed by atoms with van der Waals surface area (Å²) < 4.78 is 0. The standard InChI is InChI=1S/C14H23NOS/c1-4-15(5-2)10-11-17-14-8-6-13(7-9-14)12(3)16/h6-9,12,16H,4-5,10-11H2,1-3H3/t12-/m1/s1. The van der Waals surface area contributed by atoms with E-state index in [-0.39, 0.29) is 6.10 Å². The molecule has 2 nitrogen and oxygen atoms in total. The summed E-state index contributed by atoms with van der Waals surface area (Å²) in [6.45, 7) is 9.57. The summed E-state index contributed by atoms with van der Waals surface area (Å²) in [6.07, 6.45) is -0.371. The molecule has 0 aliphatic heterocycles. The molecule has 0 bridgehead atoms. The zero-order valence-electron chi connectivity index (χ0n) is 11.0. The van der Waals surface area contributed by atoms with Crippen molar-refractivity contribution in [2.45, 2.75) is 31.8 Å². The molecule has 0 fully saturated rings. The van der Waals surface area contributed by atoms with Crippen molar-refractivity contribution in [3.05, 3.63) is 29.8 Å². The number of rotatable bonds is 7. The molecule has 0 aromatic heterocycles. The highest BCUT2D eigenvalue weighted by atomic mass is 32.2. The molecule has 0 amide bonds. The van der Waals surface area contributed by atoms with E-state index in [2.05, 4.69) is 30.9 Å². The van der Waals surface area contributed by atoms with E-state index in [1.165, 1.54) is 4.90 Å². The number of thioether (sulfide) groups is 1. The third-order valence-corrected chi connectivity index (χ3v) is 3.93. The van der Waals surface area contributed by atoms with E-state index in [9.17, 15) is 5.11 Å². The Morgan fingerprint density at radius 1 is 1.18 bits per heavy atom. The van der Waals surface area contributed by atoms with Gasteiger partial charge in [-0.25, -0.2) is 0 Å². The van der Waals surface area contributed by atoms with Crippen LogP contribution in [-0.4, -0.2) is 35.4 Å². The van der Waals surface area contributed by atoms with Gasteiger partial charge in [0, 0.05) is 17.2 Å². The predicted molar refractivity (Wildman–Crippen MR) is 75.6 cm³/mol. The second kappa shape index (κ2) is 7.75. The first-order valence-electron chi connectivity index (χ1n) is 6.30. The minimum Gasteiger partial charge on any atom is -0.389 e. The summed E-state index contributed by atoms with van der Waals surface area (Å²) >= 11 is 1.88. The van der Waals surface area contributed by atoms with Crippen LogP contribution in [0.15, 0.2) is 29.2 Å².